The lowest BCUT2D eigenvalue weighted by atomic mass is 10.1. The monoisotopic (exact) mass is 460 g/mol. The Bertz CT molecular complexity index is 853. The average molecular weight is 461 g/mol. The Morgan fingerprint density at radius 3 is 2.22 bits per heavy atom. The molecule has 0 unspecified atom stereocenters. The molecule has 2 aromatic carbocycles. The second kappa shape index (κ2) is 13.0. The van der Waals surface area contributed by atoms with Gasteiger partial charge in [0.25, 0.3) is 0 Å². The summed E-state index contributed by atoms with van der Waals surface area (Å²) in [5, 5.41) is 3.56. The molecule has 0 radical (unpaired) electrons. The summed E-state index contributed by atoms with van der Waals surface area (Å²) in [5.74, 6) is 1.26. The molecule has 6 nitrogen and oxygen atoms in total. The second-order valence-corrected chi connectivity index (χ2v) is 8.30. The third kappa shape index (κ3) is 8.08. The Morgan fingerprint density at radius 2 is 1.66 bits per heavy atom. The fourth-order valence-electron chi connectivity index (χ4n) is 3.32. The molecule has 0 saturated heterocycles. The highest BCUT2D eigenvalue weighted by molar-refractivity contribution is 6.30. The van der Waals surface area contributed by atoms with Crippen LogP contribution in [0.15, 0.2) is 48.5 Å². The van der Waals surface area contributed by atoms with Gasteiger partial charge in [0.05, 0.1) is 13.7 Å². The van der Waals surface area contributed by atoms with Crippen molar-refractivity contribution in [2.24, 2.45) is 0 Å². The SMILES string of the molecule is CC[C@@H](C(=O)NC(C)C)N(Cc1ccc(Cl)cc1)C(=O)CCCOc1ccc(OC)cc1. The summed E-state index contributed by atoms with van der Waals surface area (Å²) in [5.41, 5.74) is 0.924. The minimum absolute atomic E-state index is 0.00179. The maximum atomic E-state index is 13.1. The van der Waals surface area contributed by atoms with Crippen molar-refractivity contribution < 1.29 is 19.1 Å². The van der Waals surface area contributed by atoms with E-state index in [-0.39, 0.29) is 24.3 Å². The lowest BCUT2D eigenvalue weighted by molar-refractivity contribution is -0.141. The predicted molar refractivity (Wildman–Crippen MR) is 127 cm³/mol. The van der Waals surface area contributed by atoms with Gasteiger partial charge in [-0.25, -0.2) is 0 Å². The summed E-state index contributed by atoms with van der Waals surface area (Å²) in [4.78, 5) is 27.6. The van der Waals surface area contributed by atoms with E-state index < -0.39 is 6.04 Å². The predicted octanol–water partition coefficient (Wildman–Crippen LogP) is 4.84. The van der Waals surface area contributed by atoms with E-state index in [4.69, 9.17) is 21.1 Å². The fraction of sp³-hybridized carbons (Fsp3) is 0.440. The summed E-state index contributed by atoms with van der Waals surface area (Å²) in [6.07, 6.45) is 1.36. The molecule has 2 amide bonds. The van der Waals surface area contributed by atoms with Crippen LogP contribution in [0.5, 0.6) is 11.5 Å². The lowest BCUT2D eigenvalue weighted by Crippen LogP contribution is -2.50. The number of carbonyl (C=O) groups is 2. The van der Waals surface area contributed by atoms with Gasteiger partial charge in [-0.3, -0.25) is 9.59 Å². The Labute approximate surface area is 195 Å². The number of halogens is 1. The molecule has 0 aliphatic carbocycles. The van der Waals surface area contributed by atoms with E-state index in [1.54, 1.807) is 24.1 Å². The summed E-state index contributed by atoms with van der Waals surface area (Å²) in [7, 11) is 1.61. The van der Waals surface area contributed by atoms with Crippen LogP contribution >= 0.6 is 11.6 Å². The van der Waals surface area contributed by atoms with E-state index >= 15 is 0 Å². The summed E-state index contributed by atoms with van der Waals surface area (Å²) < 4.78 is 10.9. The number of nitrogens with zero attached hydrogens (tertiary/aromatic N) is 1. The van der Waals surface area contributed by atoms with Crippen molar-refractivity contribution >= 4 is 23.4 Å². The number of amides is 2. The quantitative estimate of drug-likeness (QED) is 0.460. The minimum atomic E-state index is -0.539. The van der Waals surface area contributed by atoms with Gasteiger partial charge in [0.15, 0.2) is 0 Å². The zero-order chi connectivity index (χ0) is 23.5. The number of methoxy groups -OCH3 is 1. The fourth-order valence-corrected chi connectivity index (χ4v) is 3.44. The van der Waals surface area contributed by atoms with E-state index in [0.717, 1.165) is 17.1 Å². The average Bonchev–Trinajstić information content (AvgIpc) is 2.77. The molecule has 1 atom stereocenters. The Morgan fingerprint density at radius 1 is 1.03 bits per heavy atom. The molecule has 0 bridgehead atoms. The van der Waals surface area contributed by atoms with Crippen LogP contribution in [0.2, 0.25) is 5.02 Å². The van der Waals surface area contributed by atoms with Gasteiger partial charge in [-0.05, 0) is 68.7 Å². The number of hydrogen-bond acceptors (Lipinski definition) is 4. The molecular weight excluding hydrogens is 428 g/mol. The number of carbonyl (C=O) groups excluding carboxylic acids is 2. The van der Waals surface area contributed by atoms with Crippen molar-refractivity contribution in [2.45, 2.75) is 58.7 Å². The molecular formula is C25H33ClN2O4. The van der Waals surface area contributed by atoms with Gasteiger partial charge >= 0.3 is 0 Å². The van der Waals surface area contributed by atoms with Gasteiger partial charge < -0.3 is 19.7 Å². The van der Waals surface area contributed by atoms with Crippen LogP contribution in [0, 0.1) is 0 Å². The van der Waals surface area contributed by atoms with Crippen molar-refractivity contribution in [1.82, 2.24) is 10.2 Å². The largest absolute Gasteiger partial charge is 0.497 e. The molecule has 0 aromatic heterocycles. The van der Waals surface area contributed by atoms with Gasteiger partial charge in [-0.2, -0.15) is 0 Å². The summed E-state index contributed by atoms with van der Waals surface area (Å²) in [6, 6.07) is 14.1. The minimum Gasteiger partial charge on any atom is -0.497 e. The number of rotatable bonds is 12. The first-order valence-corrected chi connectivity index (χ1v) is 11.3. The van der Waals surface area contributed by atoms with Crippen molar-refractivity contribution in [2.75, 3.05) is 13.7 Å². The van der Waals surface area contributed by atoms with Crippen molar-refractivity contribution in [3.05, 3.63) is 59.1 Å². The Kier molecular flexibility index (Phi) is 10.3. The molecule has 0 aliphatic rings. The molecule has 32 heavy (non-hydrogen) atoms. The molecule has 174 valence electrons. The first kappa shape index (κ1) is 25.5. The maximum absolute atomic E-state index is 13.1. The Balaban J connectivity index is 2.02. The number of ether oxygens (including phenoxy) is 2. The lowest BCUT2D eigenvalue weighted by Gasteiger charge is -2.31. The van der Waals surface area contributed by atoms with Crippen molar-refractivity contribution in [3.8, 4) is 11.5 Å². The van der Waals surface area contributed by atoms with E-state index in [9.17, 15) is 9.59 Å². The Hall–Kier alpha value is -2.73. The summed E-state index contributed by atoms with van der Waals surface area (Å²) >= 11 is 5.99. The third-order valence-corrected chi connectivity index (χ3v) is 5.20. The van der Waals surface area contributed by atoms with Crippen LogP contribution in [0.1, 0.15) is 45.6 Å². The molecule has 0 aliphatic heterocycles. The topological polar surface area (TPSA) is 67.9 Å². The van der Waals surface area contributed by atoms with Crippen LogP contribution in [0.4, 0.5) is 0 Å². The second-order valence-electron chi connectivity index (χ2n) is 7.86. The number of hydrogen-bond donors (Lipinski definition) is 1. The van der Waals surface area contributed by atoms with E-state index in [2.05, 4.69) is 5.32 Å². The van der Waals surface area contributed by atoms with E-state index in [0.29, 0.717) is 31.0 Å². The van der Waals surface area contributed by atoms with E-state index in [1.165, 1.54) is 0 Å². The molecule has 7 heteroatoms. The van der Waals surface area contributed by atoms with Gasteiger partial charge in [-0.1, -0.05) is 30.7 Å². The number of nitrogens with one attached hydrogen (secondary N) is 1. The maximum Gasteiger partial charge on any atom is 0.243 e. The van der Waals surface area contributed by atoms with Crippen LogP contribution < -0.4 is 14.8 Å². The standard InChI is InChI=1S/C25H33ClN2O4/c1-5-23(25(30)27-18(2)3)28(17-19-8-10-20(26)11-9-19)24(29)7-6-16-32-22-14-12-21(31-4)13-15-22/h8-15,18,23H,5-7,16-17H2,1-4H3,(H,27,30)/t23-/m0/s1. The van der Waals surface area contributed by atoms with Crippen molar-refractivity contribution in [3.63, 3.8) is 0 Å². The molecule has 2 rings (SSSR count). The van der Waals surface area contributed by atoms with Crippen LogP contribution in [0.3, 0.4) is 0 Å². The third-order valence-electron chi connectivity index (χ3n) is 4.95. The molecule has 0 spiro atoms. The zero-order valence-electron chi connectivity index (χ0n) is 19.3. The highest BCUT2D eigenvalue weighted by Crippen LogP contribution is 2.19. The highest BCUT2D eigenvalue weighted by atomic mass is 35.5. The first-order valence-electron chi connectivity index (χ1n) is 10.9. The highest BCUT2D eigenvalue weighted by Gasteiger charge is 2.28. The van der Waals surface area contributed by atoms with Crippen molar-refractivity contribution in [1.29, 1.82) is 0 Å². The van der Waals surface area contributed by atoms with Gasteiger partial charge in [0.1, 0.15) is 17.5 Å². The van der Waals surface area contributed by atoms with Gasteiger partial charge in [0, 0.05) is 24.0 Å². The van der Waals surface area contributed by atoms with Gasteiger partial charge in [-0.15, -0.1) is 0 Å². The zero-order valence-corrected chi connectivity index (χ0v) is 20.0. The van der Waals surface area contributed by atoms with Crippen LogP contribution in [-0.2, 0) is 16.1 Å². The molecule has 0 heterocycles. The molecule has 1 N–H and O–H groups in total. The molecule has 0 saturated carbocycles. The van der Waals surface area contributed by atoms with Crippen LogP contribution in [0.25, 0.3) is 0 Å². The first-order chi connectivity index (χ1) is 15.3. The normalized spacial score (nSPS) is 11.7. The van der Waals surface area contributed by atoms with Gasteiger partial charge in [0.2, 0.25) is 11.8 Å². The summed E-state index contributed by atoms with van der Waals surface area (Å²) in [6.45, 7) is 6.49. The number of benzene rings is 2. The smallest absolute Gasteiger partial charge is 0.243 e. The van der Waals surface area contributed by atoms with Crippen LogP contribution in [-0.4, -0.2) is 42.5 Å². The molecule has 0 fully saturated rings. The molecule has 2 aromatic rings. The van der Waals surface area contributed by atoms with E-state index in [1.807, 2.05) is 57.2 Å².